The standard InChI is InChI=1S/C19H23ClN2O4S/c1-14-4-8-17(9-5-14)22(27(3,24)25)15(2)19(23)21-12-13-26-18-10-6-16(20)7-11-18/h4-11,15H,12-13H2,1-3H3,(H,21,23)/t15-/m0/s1. The molecule has 0 aliphatic carbocycles. The number of carbonyl (C=O) groups is 1. The molecule has 0 saturated carbocycles. The highest BCUT2D eigenvalue weighted by Gasteiger charge is 2.28. The molecule has 2 aromatic carbocycles. The van der Waals surface area contributed by atoms with Gasteiger partial charge in [-0.1, -0.05) is 29.3 Å². The molecule has 1 amide bonds. The average Bonchev–Trinajstić information content (AvgIpc) is 2.60. The van der Waals surface area contributed by atoms with E-state index in [2.05, 4.69) is 5.32 Å². The molecule has 0 spiro atoms. The summed E-state index contributed by atoms with van der Waals surface area (Å²) in [7, 11) is -3.62. The lowest BCUT2D eigenvalue weighted by Crippen LogP contribution is -2.48. The Morgan fingerprint density at radius 2 is 1.74 bits per heavy atom. The molecule has 0 heterocycles. The maximum Gasteiger partial charge on any atom is 0.243 e. The summed E-state index contributed by atoms with van der Waals surface area (Å²) in [6.45, 7) is 3.96. The lowest BCUT2D eigenvalue weighted by molar-refractivity contribution is -0.121. The average molecular weight is 411 g/mol. The molecule has 6 nitrogen and oxygen atoms in total. The van der Waals surface area contributed by atoms with Crippen LogP contribution in [-0.4, -0.2) is 39.8 Å². The Bertz CT molecular complexity index is 868. The maximum atomic E-state index is 12.4. The van der Waals surface area contributed by atoms with Crippen LogP contribution in [0.5, 0.6) is 5.75 Å². The molecular formula is C19H23ClN2O4S. The monoisotopic (exact) mass is 410 g/mol. The van der Waals surface area contributed by atoms with Gasteiger partial charge in [-0.3, -0.25) is 9.10 Å². The first kappa shape index (κ1) is 21.1. The van der Waals surface area contributed by atoms with Crippen molar-refractivity contribution >= 4 is 33.2 Å². The molecule has 8 heteroatoms. The third-order valence-corrected chi connectivity index (χ3v) is 5.35. The molecule has 27 heavy (non-hydrogen) atoms. The number of halogens is 1. The van der Waals surface area contributed by atoms with Gasteiger partial charge in [0.05, 0.1) is 18.5 Å². The molecule has 146 valence electrons. The van der Waals surface area contributed by atoms with Crippen LogP contribution in [-0.2, 0) is 14.8 Å². The van der Waals surface area contributed by atoms with Crippen LogP contribution < -0.4 is 14.4 Å². The zero-order valence-corrected chi connectivity index (χ0v) is 17.0. The number of amides is 1. The number of anilines is 1. The van der Waals surface area contributed by atoms with E-state index in [4.69, 9.17) is 16.3 Å². The predicted molar refractivity (Wildman–Crippen MR) is 108 cm³/mol. The lowest BCUT2D eigenvalue weighted by atomic mass is 10.2. The Morgan fingerprint density at radius 1 is 1.15 bits per heavy atom. The molecule has 1 atom stereocenters. The van der Waals surface area contributed by atoms with E-state index in [1.165, 1.54) is 0 Å². The minimum absolute atomic E-state index is 0.247. The number of hydrogen-bond donors (Lipinski definition) is 1. The van der Waals surface area contributed by atoms with Gasteiger partial charge in [0.15, 0.2) is 0 Å². The topological polar surface area (TPSA) is 75.7 Å². The summed E-state index contributed by atoms with van der Waals surface area (Å²) >= 11 is 5.81. The molecule has 0 saturated heterocycles. The molecule has 2 rings (SSSR count). The fourth-order valence-electron chi connectivity index (χ4n) is 2.52. The number of ether oxygens (including phenoxy) is 1. The minimum Gasteiger partial charge on any atom is -0.492 e. The molecule has 0 unspecified atom stereocenters. The first-order valence-corrected chi connectivity index (χ1v) is 10.6. The van der Waals surface area contributed by atoms with Gasteiger partial charge in [-0.2, -0.15) is 0 Å². The van der Waals surface area contributed by atoms with Gasteiger partial charge in [-0.25, -0.2) is 8.42 Å². The number of carbonyl (C=O) groups excluding carboxylic acids is 1. The number of rotatable bonds is 8. The fraction of sp³-hybridized carbons (Fsp3) is 0.316. The van der Waals surface area contributed by atoms with E-state index in [1.807, 2.05) is 6.92 Å². The fourth-order valence-corrected chi connectivity index (χ4v) is 3.82. The Morgan fingerprint density at radius 3 is 2.30 bits per heavy atom. The number of aryl methyl sites for hydroxylation is 1. The summed E-state index contributed by atoms with van der Waals surface area (Å²) in [5.74, 6) is 0.236. The molecule has 0 fully saturated rings. The van der Waals surface area contributed by atoms with Crippen LogP contribution >= 0.6 is 11.6 Å². The third kappa shape index (κ3) is 6.15. The number of nitrogens with one attached hydrogen (secondary N) is 1. The van der Waals surface area contributed by atoms with E-state index >= 15 is 0 Å². The highest BCUT2D eigenvalue weighted by atomic mass is 35.5. The number of sulfonamides is 1. The van der Waals surface area contributed by atoms with E-state index in [1.54, 1.807) is 55.5 Å². The van der Waals surface area contributed by atoms with Crippen molar-refractivity contribution < 1.29 is 17.9 Å². The van der Waals surface area contributed by atoms with Gasteiger partial charge in [-0.15, -0.1) is 0 Å². The van der Waals surface area contributed by atoms with Gasteiger partial charge in [-0.05, 0) is 50.2 Å². The van der Waals surface area contributed by atoms with E-state index in [0.29, 0.717) is 16.5 Å². The molecule has 0 aliphatic rings. The minimum atomic E-state index is -3.62. The van der Waals surface area contributed by atoms with Crippen LogP contribution in [0.1, 0.15) is 12.5 Å². The third-order valence-electron chi connectivity index (χ3n) is 3.86. The van der Waals surface area contributed by atoms with E-state index < -0.39 is 22.0 Å². The number of benzene rings is 2. The highest BCUT2D eigenvalue weighted by molar-refractivity contribution is 7.92. The zero-order chi connectivity index (χ0) is 20.0. The van der Waals surface area contributed by atoms with Crippen molar-refractivity contribution in [1.82, 2.24) is 5.32 Å². The van der Waals surface area contributed by atoms with Gasteiger partial charge in [0.2, 0.25) is 15.9 Å². The summed E-state index contributed by atoms with van der Waals surface area (Å²) in [5, 5.41) is 3.31. The summed E-state index contributed by atoms with van der Waals surface area (Å²) in [6, 6.07) is 13.0. The second-order valence-corrected chi connectivity index (χ2v) is 8.46. The van der Waals surface area contributed by atoms with Crippen LogP contribution in [0.15, 0.2) is 48.5 Å². The lowest BCUT2D eigenvalue weighted by Gasteiger charge is -2.28. The van der Waals surface area contributed by atoms with Crippen LogP contribution in [0, 0.1) is 6.92 Å². The van der Waals surface area contributed by atoms with Crippen molar-refractivity contribution in [3.63, 3.8) is 0 Å². The van der Waals surface area contributed by atoms with Crippen molar-refractivity contribution in [2.24, 2.45) is 0 Å². The van der Waals surface area contributed by atoms with Gasteiger partial charge >= 0.3 is 0 Å². The molecule has 0 radical (unpaired) electrons. The quantitative estimate of drug-likeness (QED) is 0.679. The van der Waals surface area contributed by atoms with Crippen molar-refractivity contribution in [1.29, 1.82) is 0 Å². The predicted octanol–water partition coefficient (Wildman–Crippen LogP) is 3.00. The van der Waals surface area contributed by atoms with Crippen LogP contribution in [0.2, 0.25) is 5.02 Å². The second-order valence-electron chi connectivity index (χ2n) is 6.16. The molecular weight excluding hydrogens is 388 g/mol. The Balaban J connectivity index is 1.96. The van der Waals surface area contributed by atoms with Crippen molar-refractivity contribution in [3.05, 3.63) is 59.1 Å². The SMILES string of the molecule is Cc1ccc(N([C@@H](C)C(=O)NCCOc2ccc(Cl)cc2)S(C)(=O)=O)cc1. The Labute approximate surface area is 165 Å². The first-order valence-electron chi connectivity index (χ1n) is 8.40. The first-order chi connectivity index (χ1) is 12.7. The molecule has 0 bridgehead atoms. The van der Waals surface area contributed by atoms with Gasteiger partial charge in [0.1, 0.15) is 18.4 Å². The largest absolute Gasteiger partial charge is 0.492 e. The van der Waals surface area contributed by atoms with Crippen LogP contribution in [0.3, 0.4) is 0 Å². The zero-order valence-electron chi connectivity index (χ0n) is 15.5. The van der Waals surface area contributed by atoms with Gasteiger partial charge < -0.3 is 10.1 Å². The van der Waals surface area contributed by atoms with Crippen molar-refractivity contribution in [2.45, 2.75) is 19.9 Å². The molecule has 1 N–H and O–H groups in total. The van der Waals surface area contributed by atoms with Crippen LogP contribution in [0.25, 0.3) is 0 Å². The summed E-state index contributed by atoms with van der Waals surface area (Å²) in [5.41, 5.74) is 1.45. The molecule has 2 aromatic rings. The van der Waals surface area contributed by atoms with Gasteiger partial charge in [0.25, 0.3) is 0 Å². The summed E-state index contributed by atoms with van der Waals surface area (Å²) in [6.07, 6.45) is 1.08. The van der Waals surface area contributed by atoms with E-state index in [0.717, 1.165) is 16.1 Å². The second kappa shape index (κ2) is 9.10. The van der Waals surface area contributed by atoms with Crippen LogP contribution in [0.4, 0.5) is 5.69 Å². The smallest absolute Gasteiger partial charge is 0.243 e. The molecule has 0 aromatic heterocycles. The van der Waals surface area contributed by atoms with Crippen molar-refractivity contribution in [2.75, 3.05) is 23.7 Å². The highest BCUT2D eigenvalue weighted by Crippen LogP contribution is 2.21. The summed E-state index contributed by atoms with van der Waals surface area (Å²) < 4.78 is 31.1. The number of nitrogens with zero attached hydrogens (tertiary/aromatic N) is 1. The van der Waals surface area contributed by atoms with E-state index in [-0.39, 0.29) is 13.2 Å². The Hall–Kier alpha value is -2.25. The van der Waals surface area contributed by atoms with E-state index in [9.17, 15) is 13.2 Å². The Kier molecular flexibility index (Phi) is 7.10. The summed E-state index contributed by atoms with van der Waals surface area (Å²) in [4.78, 5) is 12.4. The molecule has 0 aliphatic heterocycles. The maximum absolute atomic E-state index is 12.4. The van der Waals surface area contributed by atoms with Crippen molar-refractivity contribution in [3.8, 4) is 5.75 Å². The number of hydrogen-bond acceptors (Lipinski definition) is 4. The normalized spacial score (nSPS) is 12.3. The van der Waals surface area contributed by atoms with Gasteiger partial charge in [0, 0.05) is 5.02 Å².